The Bertz CT molecular complexity index is 969. The zero-order valence-electron chi connectivity index (χ0n) is 14.1. The van der Waals surface area contributed by atoms with Crippen molar-refractivity contribution < 1.29 is 14.9 Å². The molecule has 1 fully saturated rings. The Balaban J connectivity index is 1.58. The van der Waals surface area contributed by atoms with Gasteiger partial charge in [-0.3, -0.25) is 0 Å². The number of anilines is 1. The molecule has 0 radical (unpaired) electrons. The molecule has 4 rings (SSSR count). The number of nitrogens with zero attached hydrogens (tertiary/aromatic N) is 4. The zero-order chi connectivity index (χ0) is 19.0. The fraction of sp³-hybridized carbons (Fsp3) is 0.353. The van der Waals surface area contributed by atoms with E-state index in [-0.39, 0.29) is 11.9 Å². The van der Waals surface area contributed by atoms with Gasteiger partial charge < -0.3 is 24.8 Å². The Morgan fingerprint density at radius 2 is 2.19 bits per heavy atom. The molecule has 3 aromatic rings. The Morgan fingerprint density at radius 3 is 2.93 bits per heavy atom. The van der Waals surface area contributed by atoms with Gasteiger partial charge in [0.05, 0.1) is 19.5 Å². The molecule has 1 aliphatic rings. The van der Waals surface area contributed by atoms with Crippen molar-refractivity contribution in [1.82, 2.24) is 19.5 Å². The van der Waals surface area contributed by atoms with Crippen molar-refractivity contribution in [2.45, 2.75) is 31.4 Å². The van der Waals surface area contributed by atoms with Gasteiger partial charge in [0.15, 0.2) is 17.0 Å². The molecule has 142 valence electrons. The van der Waals surface area contributed by atoms with Gasteiger partial charge in [-0.05, 0) is 29.3 Å². The molecule has 3 atom stereocenters. The molecular weight excluding hydrogens is 438 g/mol. The summed E-state index contributed by atoms with van der Waals surface area (Å²) >= 11 is 9.55. The van der Waals surface area contributed by atoms with Crippen LogP contribution in [0.2, 0.25) is 5.28 Å². The van der Waals surface area contributed by atoms with E-state index >= 15 is 0 Å². The number of hydrogen-bond donors (Lipinski definition) is 3. The van der Waals surface area contributed by atoms with Crippen molar-refractivity contribution in [3.63, 3.8) is 0 Å². The third kappa shape index (κ3) is 3.92. The van der Waals surface area contributed by atoms with E-state index in [1.165, 1.54) is 0 Å². The molecule has 1 aromatic carbocycles. The number of aromatic nitrogens is 4. The number of rotatable bonds is 5. The van der Waals surface area contributed by atoms with E-state index in [4.69, 9.17) is 16.3 Å². The minimum Gasteiger partial charge on any atom is -0.388 e. The predicted molar refractivity (Wildman–Crippen MR) is 104 cm³/mol. The number of fused-ring (bicyclic) bond motifs is 1. The van der Waals surface area contributed by atoms with Gasteiger partial charge in [-0.2, -0.15) is 9.97 Å². The van der Waals surface area contributed by atoms with E-state index in [9.17, 15) is 10.2 Å². The first-order valence-corrected chi connectivity index (χ1v) is 9.53. The van der Waals surface area contributed by atoms with Gasteiger partial charge in [0, 0.05) is 11.0 Å². The minimum atomic E-state index is -0.950. The average Bonchev–Trinajstić information content (AvgIpc) is 3.18. The lowest BCUT2D eigenvalue weighted by molar-refractivity contribution is 0.0157. The highest BCUT2D eigenvalue weighted by atomic mass is 79.9. The summed E-state index contributed by atoms with van der Waals surface area (Å²) in [5.41, 5.74) is 2.18. The van der Waals surface area contributed by atoms with E-state index in [2.05, 4.69) is 36.2 Å². The number of halogens is 2. The van der Waals surface area contributed by atoms with Gasteiger partial charge in [-0.1, -0.05) is 28.1 Å². The lowest BCUT2D eigenvalue weighted by Gasteiger charge is -2.15. The third-order valence-corrected chi connectivity index (χ3v) is 5.08. The fourth-order valence-electron chi connectivity index (χ4n) is 3.03. The Hall–Kier alpha value is -1.78. The largest absolute Gasteiger partial charge is 0.388 e. The van der Waals surface area contributed by atoms with Crippen LogP contribution in [0.5, 0.6) is 0 Å². The standard InChI is InChI=1S/C17H17BrClN5O3/c18-10-3-1-2-9(4-10)5-20-15-13-16(23-17(19)22-15)24(8-21-13)6-12-14(26)11(25)7-27-12/h1-4,8,11-12,14,25-26H,5-7H2,(H,20,22,23). The molecule has 0 bridgehead atoms. The van der Waals surface area contributed by atoms with Gasteiger partial charge in [-0.25, -0.2) is 4.98 Å². The lowest BCUT2D eigenvalue weighted by atomic mass is 10.1. The number of imidazole rings is 1. The third-order valence-electron chi connectivity index (χ3n) is 4.42. The van der Waals surface area contributed by atoms with E-state index in [1.54, 1.807) is 10.9 Å². The molecule has 3 heterocycles. The maximum atomic E-state index is 9.99. The molecule has 3 N–H and O–H groups in total. The topological polar surface area (TPSA) is 105 Å². The van der Waals surface area contributed by atoms with E-state index < -0.39 is 18.3 Å². The summed E-state index contributed by atoms with van der Waals surface area (Å²) in [4.78, 5) is 12.9. The van der Waals surface area contributed by atoms with Crippen LogP contribution in [0.4, 0.5) is 5.82 Å². The second-order valence-corrected chi connectivity index (χ2v) is 7.58. The van der Waals surface area contributed by atoms with Crippen LogP contribution in [0.25, 0.3) is 11.2 Å². The van der Waals surface area contributed by atoms with Gasteiger partial charge in [0.25, 0.3) is 0 Å². The van der Waals surface area contributed by atoms with E-state index in [1.807, 2.05) is 24.3 Å². The average molecular weight is 455 g/mol. The highest BCUT2D eigenvalue weighted by Crippen LogP contribution is 2.24. The first kappa shape index (κ1) is 18.6. The SMILES string of the molecule is OC1COC(Cn2cnc3c(NCc4cccc(Br)c4)nc(Cl)nc32)C1O. The number of benzene rings is 1. The molecule has 1 saturated heterocycles. The van der Waals surface area contributed by atoms with Crippen LogP contribution >= 0.6 is 27.5 Å². The summed E-state index contributed by atoms with van der Waals surface area (Å²) in [6.45, 7) is 0.951. The second kappa shape index (κ2) is 7.69. The highest BCUT2D eigenvalue weighted by Gasteiger charge is 2.35. The lowest BCUT2D eigenvalue weighted by Crippen LogP contribution is -2.32. The number of ether oxygens (including phenoxy) is 1. The number of hydrogen-bond acceptors (Lipinski definition) is 7. The molecule has 0 spiro atoms. The number of aliphatic hydroxyl groups is 2. The van der Waals surface area contributed by atoms with Crippen molar-refractivity contribution in [2.24, 2.45) is 0 Å². The van der Waals surface area contributed by atoms with Gasteiger partial charge in [0.1, 0.15) is 18.3 Å². The Labute approximate surface area is 168 Å². The van der Waals surface area contributed by atoms with Crippen molar-refractivity contribution >= 4 is 44.5 Å². The molecule has 10 heteroatoms. The maximum Gasteiger partial charge on any atom is 0.226 e. The van der Waals surface area contributed by atoms with Crippen molar-refractivity contribution in [1.29, 1.82) is 0 Å². The van der Waals surface area contributed by atoms with Crippen LogP contribution < -0.4 is 5.32 Å². The predicted octanol–water partition coefficient (Wildman–Crippen LogP) is 1.97. The molecular formula is C17H17BrClN5O3. The summed E-state index contributed by atoms with van der Waals surface area (Å²) < 4.78 is 8.16. The highest BCUT2D eigenvalue weighted by molar-refractivity contribution is 9.10. The van der Waals surface area contributed by atoms with Crippen LogP contribution in [-0.4, -0.2) is 54.7 Å². The van der Waals surface area contributed by atoms with Gasteiger partial charge in [-0.15, -0.1) is 0 Å². The Kier molecular flexibility index (Phi) is 5.29. The molecule has 2 aromatic heterocycles. The van der Waals surface area contributed by atoms with E-state index in [0.29, 0.717) is 30.1 Å². The van der Waals surface area contributed by atoms with Crippen molar-refractivity contribution in [2.75, 3.05) is 11.9 Å². The fourth-order valence-corrected chi connectivity index (χ4v) is 3.64. The first-order valence-electron chi connectivity index (χ1n) is 8.35. The van der Waals surface area contributed by atoms with Crippen LogP contribution in [0.1, 0.15) is 5.56 Å². The van der Waals surface area contributed by atoms with Gasteiger partial charge in [0.2, 0.25) is 5.28 Å². The van der Waals surface area contributed by atoms with Crippen LogP contribution in [0, 0.1) is 0 Å². The summed E-state index contributed by atoms with van der Waals surface area (Å²) in [6.07, 6.45) is -0.774. The van der Waals surface area contributed by atoms with Crippen molar-refractivity contribution in [3.8, 4) is 0 Å². The molecule has 0 saturated carbocycles. The first-order chi connectivity index (χ1) is 13.0. The minimum absolute atomic E-state index is 0.0916. The monoisotopic (exact) mass is 453 g/mol. The number of nitrogens with one attached hydrogen (secondary N) is 1. The smallest absolute Gasteiger partial charge is 0.226 e. The number of aliphatic hydroxyl groups excluding tert-OH is 2. The molecule has 1 aliphatic heterocycles. The normalized spacial score (nSPS) is 22.4. The molecule has 8 nitrogen and oxygen atoms in total. The second-order valence-electron chi connectivity index (χ2n) is 6.32. The maximum absolute atomic E-state index is 9.99. The van der Waals surface area contributed by atoms with Crippen LogP contribution in [0.15, 0.2) is 35.1 Å². The quantitative estimate of drug-likeness (QED) is 0.506. The molecule has 27 heavy (non-hydrogen) atoms. The summed E-state index contributed by atoms with van der Waals surface area (Å²) in [6, 6.07) is 7.93. The van der Waals surface area contributed by atoms with Gasteiger partial charge >= 0.3 is 0 Å². The summed E-state index contributed by atoms with van der Waals surface area (Å²) in [7, 11) is 0. The van der Waals surface area contributed by atoms with Crippen LogP contribution in [-0.2, 0) is 17.8 Å². The van der Waals surface area contributed by atoms with E-state index in [0.717, 1.165) is 10.0 Å². The molecule has 3 unspecified atom stereocenters. The van der Waals surface area contributed by atoms with Crippen molar-refractivity contribution in [3.05, 3.63) is 45.9 Å². The summed E-state index contributed by atoms with van der Waals surface area (Å²) in [5.74, 6) is 0.525. The Morgan fingerprint density at radius 1 is 1.33 bits per heavy atom. The zero-order valence-corrected chi connectivity index (χ0v) is 16.4. The molecule has 0 aliphatic carbocycles. The molecule has 0 amide bonds. The van der Waals surface area contributed by atoms with Crippen LogP contribution in [0.3, 0.4) is 0 Å². The summed E-state index contributed by atoms with van der Waals surface area (Å²) in [5, 5.41) is 23.0.